The van der Waals surface area contributed by atoms with Gasteiger partial charge in [-0.3, -0.25) is 0 Å². The molecule has 12 aromatic carbocycles. The number of para-hydroxylation sites is 6. The van der Waals surface area contributed by atoms with E-state index in [2.05, 4.69) is 307 Å². The molecule has 6 nitrogen and oxygen atoms in total. The van der Waals surface area contributed by atoms with E-state index in [0.717, 1.165) is 50.4 Å². The van der Waals surface area contributed by atoms with Gasteiger partial charge in [0.1, 0.15) is 0 Å². The van der Waals surface area contributed by atoms with E-state index in [9.17, 15) is 0 Å². The van der Waals surface area contributed by atoms with Crippen LogP contribution in [-0.2, 0) is 0 Å². The lowest BCUT2D eigenvalue weighted by Gasteiger charge is -2.16. The fourth-order valence-corrected chi connectivity index (χ4v) is 13.2. The normalized spacial score (nSPS) is 11.8. The Labute approximate surface area is 486 Å². The number of nitrogens with zero attached hydrogens (tertiary/aromatic N) is 6. The molecule has 0 amide bonds. The minimum absolute atomic E-state index is 0.606. The minimum Gasteiger partial charge on any atom is -0.309 e. The summed E-state index contributed by atoms with van der Waals surface area (Å²) in [6.07, 6.45) is 0. The summed E-state index contributed by atoms with van der Waals surface area (Å²) < 4.78 is 7.21. The van der Waals surface area contributed by atoms with Gasteiger partial charge in [-0.2, -0.15) is 0 Å². The molecule has 4 aromatic heterocycles. The Balaban J connectivity index is 0.778. The quantitative estimate of drug-likeness (QED) is 0.145. The van der Waals surface area contributed by atoms with Gasteiger partial charge in [-0.15, -0.1) is 0 Å². The summed E-state index contributed by atoms with van der Waals surface area (Å²) in [6.45, 7) is 6.70. The van der Waals surface area contributed by atoms with Gasteiger partial charge in [-0.05, 0) is 125 Å². The standard InChI is InChI=1S/C78H54N6/c1-49-58(25-16-34-67(49)82-70-28-10-4-19-61(70)62-20-5-11-29-71(62)82)52-37-43-55(44-38-52)76-79-77(56-45-39-53(40-46-56)59-26-17-35-68(50(59)2)83-72-30-12-6-21-63(72)64-22-7-13-31-73(64)83)81-78(80-76)57-47-41-54(42-48-57)60-27-18-36-69(51(60)3)84-74-32-14-8-23-65(74)66-24-9-15-33-75(66)84/h4-48H,1-3H3. The van der Waals surface area contributed by atoms with Gasteiger partial charge in [-0.1, -0.05) is 218 Å². The number of benzene rings is 12. The summed E-state index contributed by atoms with van der Waals surface area (Å²) in [4.78, 5) is 15.8. The summed E-state index contributed by atoms with van der Waals surface area (Å²) in [6, 6.07) is 98.1. The van der Waals surface area contributed by atoms with Crippen LogP contribution in [0.2, 0.25) is 0 Å². The Morgan fingerprint density at radius 1 is 0.202 bits per heavy atom. The molecule has 0 atom stereocenters. The van der Waals surface area contributed by atoms with Crippen molar-refractivity contribution in [2.45, 2.75) is 20.8 Å². The van der Waals surface area contributed by atoms with Crippen molar-refractivity contribution in [3.8, 4) is 84.6 Å². The highest BCUT2D eigenvalue weighted by Gasteiger charge is 2.21. The van der Waals surface area contributed by atoms with E-state index in [-0.39, 0.29) is 0 Å². The van der Waals surface area contributed by atoms with Gasteiger partial charge >= 0.3 is 0 Å². The molecule has 0 unspecified atom stereocenters. The van der Waals surface area contributed by atoms with Crippen LogP contribution in [0.1, 0.15) is 16.7 Å². The third kappa shape index (κ3) is 7.83. The van der Waals surface area contributed by atoms with Crippen LogP contribution in [0.5, 0.6) is 0 Å². The number of aromatic nitrogens is 6. The zero-order chi connectivity index (χ0) is 56.0. The average Bonchev–Trinajstić information content (AvgIpc) is 3.95. The summed E-state index contributed by atoms with van der Waals surface area (Å²) in [5, 5.41) is 7.49. The molecule has 0 aliphatic rings. The Kier molecular flexibility index (Phi) is 11.4. The van der Waals surface area contributed by atoms with Crippen molar-refractivity contribution >= 4 is 65.4 Å². The lowest BCUT2D eigenvalue weighted by molar-refractivity contribution is 1.07. The predicted octanol–water partition coefficient (Wildman–Crippen LogP) is 20.1. The van der Waals surface area contributed by atoms with Gasteiger partial charge in [0.05, 0.1) is 33.1 Å². The molecule has 0 bridgehead atoms. The van der Waals surface area contributed by atoms with Gasteiger partial charge in [-0.25, -0.2) is 15.0 Å². The van der Waals surface area contributed by atoms with E-state index in [1.54, 1.807) is 0 Å². The molecule has 0 aliphatic heterocycles. The molecule has 0 saturated carbocycles. The van der Waals surface area contributed by atoms with Gasteiger partial charge < -0.3 is 13.7 Å². The maximum Gasteiger partial charge on any atom is 0.164 e. The van der Waals surface area contributed by atoms with E-state index in [1.165, 1.54) is 98.8 Å². The Morgan fingerprint density at radius 2 is 0.405 bits per heavy atom. The second kappa shape index (κ2) is 19.7. The lowest BCUT2D eigenvalue weighted by Crippen LogP contribution is -2.01. The molecule has 84 heavy (non-hydrogen) atoms. The largest absolute Gasteiger partial charge is 0.309 e. The highest BCUT2D eigenvalue weighted by molar-refractivity contribution is 6.11. The van der Waals surface area contributed by atoms with Crippen molar-refractivity contribution in [3.63, 3.8) is 0 Å². The first-order valence-corrected chi connectivity index (χ1v) is 28.8. The number of hydrogen-bond acceptors (Lipinski definition) is 3. The molecule has 0 spiro atoms. The zero-order valence-electron chi connectivity index (χ0n) is 46.7. The molecular formula is C78H54N6. The number of fused-ring (bicyclic) bond motifs is 9. The lowest BCUT2D eigenvalue weighted by atomic mass is 9.97. The second-order valence-corrected chi connectivity index (χ2v) is 22.0. The SMILES string of the molecule is Cc1c(-c2ccc(-c3nc(-c4ccc(-c5cccc(-n6c7ccccc7c7ccccc76)c5C)cc4)nc(-c4ccc(-c5cccc(-n6c7ccccc7c7ccccc76)c5C)cc4)n3)cc2)cccc1-n1c2ccccc2c2ccccc21. The smallest absolute Gasteiger partial charge is 0.164 e. The van der Waals surface area contributed by atoms with Gasteiger partial charge in [0.25, 0.3) is 0 Å². The fraction of sp³-hybridized carbons (Fsp3) is 0.0385. The van der Waals surface area contributed by atoms with Crippen LogP contribution in [0.4, 0.5) is 0 Å². The second-order valence-electron chi connectivity index (χ2n) is 22.0. The molecule has 4 heterocycles. The molecule has 0 N–H and O–H groups in total. The first kappa shape index (κ1) is 48.9. The van der Waals surface area contributed by atoms with Crippen LogP contribution in [0.3, 0.4) is 0 Å². The highest BCUT2D eigenvalue weighted by Crippen LogP contribution is 2.41. The molecule has 16 rings (SSSR count). The topological polar surface area (TPSA) is 53.5 Å². The van der Waals surface area contributed by atoms with Crippen molar-refractivity contribution in [2.24, 2.45) is 0 Å². The van der Waals surface area contributed by atoms with Crippen molar-refractivity contribution in [3.05, 3.63) is 290 Å². The van der Waals surface area contributed by atoms with Crippen LogP contribution in [0.15, 0.2) is 273 Å². The van der Waals surface area contributed by atoms with Gasteiger partial charge in [0.2, 0.25) is 0 Å². The van der Waals surface area contributed by atoms with Crippen molar-refractivity contribution in [1.29, 1.82) is 0 Å². The van der Waals surface area contributed by atoms with Crippen LogP contribution >= 0.6 is 0 Å². The van der Waals surface area contributed by atoms with Gasteiger partial charge in [0.15, 0.2) is 17.5 Å². The fourth-order valence-electron chi connectivity index (χ4n) is 13.2. The molecule has 0 radical (unpaired) electrons. The van der Waals surface area contributed by atoms with E-state index in [4.69, 9.17) is 15.0 Å². The average molecular weight is 1080 g/mol. The monoisotopic (exact) mass is 1070 g/mol. The number of rotatable bonds is 9. The Hall–Kier alpha value is -11.0. The molecular weight excluding hydrogens is 1020 g/mol. The van der Waals surface area contributed by atoms with Crippen LogP contribution in [-0.4, -0.2) is 28.7 Å². The van der Waals surface area contributed by atoms with Gasteiger partial charge in [0, 0.05) is 66.1 Å². The molecule has 0 fully saturated rings. The third-order valence-electron chi connectivity index (χ3n) is 17.4. The van der Waals surface area contributed by atoms with E-state index in [1.807, 2.05) is 0 Å². The van der Waals surface area contributed by atoms with Crippen molar-refractivity contribution in [1.82, 2.24) is 28.7 Å². The maximum atomic E-state index is 5.27. The van der Waals surface area contributed by atoms with E-state index in [0.29, 0.717) is 17.5 Å². The Bertz CT molecular complexity index is 4570. The van der Waals surface area contributed by atoms with Crippen LogP contribution in [0.25, 0.3) is 150 Å². The van der Waals surface area contributed by atoms with Crippen LogP contribution < -0.4 is 0 Å². The molecule has 0 aliphatic carbocycles. The molecule has 396 valence electrons. The highest BCUT2D eigenvalue weighted by atomic mass is 15.0. The van der Waals surface area contributed by atoms with E-state index < -0.39 is 0 Å². The van der Waals surface area contributed by atoms with E-state index >= 15 is 0 Å². The first-order valence-electron chi connectivity index (χ1n) is 28.8. The predicted molar refractivity (Wildman–Crippen MR) is 350 cm³/mol. The first-order chi connectivity index (χ1) is 41.4. The number of hydrogen-bond donors (Lipinski definition) is 0. The minimum atomic E-state index is 0.606. The Morgan fingerprint density at radius 3 is 0.631 bits per heavy atom. The summed E-state index contributed by atoms with van der Waals surface area (Å²) >= 11 is 0. The zero-order valence-corrected chi connectivity index (χ0v) is 46.7. The molecule has 0 saturated heterocycles. The summed E-state index contributed by atoms with van der Waals surface area (Å²) in [5.74, 6) is 1.82. The van der Waals surface area contributed by atoms with Crippen LogP contribution in [0, 0.1) is 20.8 Å². The van der Waals surface area contributed by atoms with Crippen molar-refractivity contribution < 1.29 is 0 Å². The molecule has 6 heteroatoms. The summed E-state index contributed by atoms with van der Waals surface area (Å²) in [7, 11) is 0. The molecule has 16 aromatic rings. The van der Waals surface area contributed by atoms with Crippen molar-refractivity contribution in [2.75, 3.05) is 0 Å². The third-order valence-corrected chi connectivity index (χ3v) is 17.4. The summed E-state index contributed by atoms with van der Waals surface area (Å²) in [5.41, 5.74) is 23.9. The maximum absolute atomic E-state index is 5.27.